The van der Waals surface area contributed by atoms with E-state index in [1.54, 1.807) is 26.2 Å². The second-order valence-corrected chi connectivity index (χ2v) is 8.92. The van der Waals surface area contributed by atoms with E-state index >= 15 is 0 Å². The summed E-state index contributed by atoms with van der Waals surface area (Å²) >= 11 is 3.53. The minimum absolute atomic E-state index is 0.0443. The third-order valence-corrected chi connectivity index (χ3v) is 6.78. The lowest BCUT2D eigenvalue weighted by atomic mass is 9.95. The molecule has 1 heterocycles. The highest BCUT2D eigenvalue weighted by atomic mass is 127. The van der Waals surface area contributed by atoms with Crippen LogP contribution in [-0.2, 0) is 22.4 Å². The van der Waals surface area contributed by atoms with Gasteiger partial charge in [0.25, 0.3) is 5.91 Å². The second-order valence-electron chi connectivity index (χ2n) is 6.65. The van der Waals surface area contributed by atoms with Crippen molar-refractivity contribution in [1.29, 1.82) is 5.26 Å². The maximum absolute atomic E-state index is 12.8. The zero-order valence-corrected chi connectivity index (χ0v) is 19.7. The van der Waals surface area contributed by atoms with Crippen LogP contribution in [0, 0.1) is 14.9 Å². The van der Waals surface area contributed by atoms with Gasteiger partial charge in [0.2, 0.25) is 0 Å². The van der Waals surface area contributed by atoms with Crippen molar-refractivity contribution in [3.8, 4) is 11.8 Å². The summed E-state index contributed by atoms with van der Waals surface area (Å²) in [6.45, 7) is 2.01. The van der Waals surface area contributed by atoms with E-state index in [0.717, 1.165) is 45.4 Å². The molecule has 156 valence electrons. The predicted molar refractivity (Wildman–Crippen MR) is 125 cm³/mol. The fraction of sp³-hybridized carbons (Fsp3) is 0.318. The molecule has 0 spiro atoms. The molecule has 6 nitrogen and oxygen atoms in total. The van der Waals surface area contributed by atoms with Gasteiger partial charge in [0.15, 0.2) is 0 Å². The first-order chi connectivity index (χ1) is 14.5. The van der Waals surface area contributed by atoms with Crippen molar-refractivity contribution in [2.45, 2.75) is 32.6 Å². The average Bonchev–Trinajstić information content (AvgIpc) is 3.10. The maximum Gasteiger partial charge on any atom is 0.341 e. The van der Waals surface area contributed by atoms with Gasteiger partial charge in [-0.25, -0.2) is 4.79 Å². The average molecular weight is 536 g/mol. The van der Waals surface area contributed by atoms with Crippen LogP contribution in [0.25, 0.3) is 6.08 Å². The van der Waals surface area contributed by atoms with Gasteiger partial charge in [0.05, 0.1) is 22.9 Å². The Labute approximate surface area is 193 Å². The van der Waals surface area contributed by atoms with E-state index in [1.165, 1.54) is 17.4 Å². The number of hydrogen-bond acceptors (Lipinski definition) is 6. The SMILES string of the molecule is CCOC(=O)c1c(NC(=O)/C(C#N)=C/c2ccc(OC)c(I)c2)sc2c1CCCC2. The molecule has 0 unspecified atom stereocenters. The minimum atomic E-state index is -0.549. The topological polar surface area (TPSA) is 88.4 Å². The van der Waals surface area contributed by atoms with Crippen molar-refractivity contribution < 1.29 is 19.1 Å². The molecular formula is C22H21IN2O4S. The number of carbonyl (C=O) groups excluding carboxylic acids is 2. The zero-order chi connectivity index (χ0) is 21.7. The molecule has 0 saturated carbocycles. The number of methoxy groups -OCH3 is 1. The Morgan fingerprint density at radius 3 is 2.77 bits per heavy atom. The largest absolute Gasteiger partial charge is 0.496 e. The Morgan fingerprint density at radius 2 is 2.10 bits per heavy atom. The number of nitrogens with zero attached hydrogens (tertiary/aromatic N) is 1. The number of hydrogen-bond donors (Lipinski definition) is 1. The molecule has 1 aromatic carbocycles. The van der Waals surface area contributed by atoms with Crippen LogP contribution in [0.3, 0.4) is 0 Å². The number of halogens is 1. The van der Waals surface area contributed by atoms with Crippen LogP contribution in [0.4, 0.5) is 5.00 Å². The number of esters is 1. The molecule has 8 heteroatoms. The van der Waals surface area contributed by atoms with Gasteiger partial charge < -0.3 is 14.8 Å². The quantitative estimate of drug-likeness (QED) is 0.244. The molecule has 1 aliphatic carbocycles. The number of rotatable bonds is 6. The molecule has 0 fully saturated rings. The van der Waals surface area contributed by atoms with Crippen molar-refractivity contribution >= 4 is 56.9 Å². The van der Waals surface area contributed by atoms with Crippen molar-refractivity contribution in [3.05, 3.63) is 48.9 Å². The Kier molecular flexibility index (Phi) is 7.50. The van der Waals surface area contributed by atoms with E-state index in [2.05, 4.69) is 27.9 Å². The highest BCUT2D eigenvalue weighted by Gasteiger charge is 2.27. The van der Waals surface area contributed by atoms with E-state index in [0.29, 0.717) is 16.1 Å². The molecule has 2 aromatic rings. The molecule has 0 saturated heterocycles. The first-order valence-electron chi connectivity index (χ1n) is 9.56. The first-order valence-corrected chi connectivity index (χ1v) is 11.5. The Balaban J connectivity index is 1.90. The Bertz CT molecular complexity index is 1050. The highest BCUT2D eigenvalue weighted by molar-refractivity contribution is 14.1. The van der Waals surface area contributed by atoms with Crippen molar-refractivity contribution in [3.63, 3.8) is 0 Å². The van der Waals surface area contributed by atoms with Crippen LogP contribution >= 0.6 is 33.9 Å². The van der Waals surface area contributed by atoms with Crippen molar-refractivity contribution in [1.82, 2.24) is 0 Å². The number of thiophene rings is 1. The van der Waals surface area contributed by atoms with E-state index in [4.69, 9.17) is 9.47 Å². The highest BCUT2D eigenvalue weighted by Crippen LogP contribution is 2.38. The van der Waals surface area contributed by atoms with Crippen LogP contribution in [-0.4, -0.2) is 25.6 Å². The number of amides is 1. The molecule has 1 aliphatic rings. The molecule has 0 bridgehead atoms. The van der Waals surface area contributed by atoms with E-state index in [1.807, 2.05) is 12.1 Å². The van der Waals surface area contributed by atoms with Crippen LogP contribution < -0.4 is 10.1 Å². The Hall–Kier alpha value is -2.38. The number of aryl methyl sites for hydroxylation is 1. The van der Waals surface area contributed by atoms with Crippen molar-refractivity contribution in [2.24, 2.45) is 0 Å². The van der Waals surface area contributed by atoms with Gasteiger partial charge in [-0.1, -0.05) is 6.07 Å². The summed E-state index contributed by atoms with van der Waals surface area (Å²) < 4.78 is 11.3. The molecule has 1 N–H and O–H groups in total. The fourth-order valence-electron chi connectivity index (χ4n) is 3.33. The van der Waals surface area contributed by atoms with Gasteiger partial charge in [0.1, 0.15) is 22.4 Å². The predicted octanol–water partition coefficient (Wildman–Crippen LogP) is 4.96. The summed E-state index contributed by atoms with van der Waals surface area (Å²) in [6, 6.07) is 7.35. The molecule has 0 aliphatic heterocycles. The van der Waals surface area contributed by atoms with Gasteiger partial charge in [-0.05, 0) is 84.5 Å². The van der Waals surface area contributed by atoms with Crippen molar-refractivity contribution in [2.75, 3.05) is 19.0 Å². The van der Waals surface area contributed by atoms with E-state index in [9.17, 15) is 14.9 Å². The number of nitrogens with one attached hydrogen (secondary N) is 1. The third-order valence-electron chi connectivity index (χ3n) is 4.73. The summed E-state index contributed by atoms with van der Waals surface area (Å²) in [5.41, 5.74) is 2.06. The Morgan fingerprint density at radius 1 is 1.33 bits per heavy atom. The summed E-state index contributed by atoms with van der Waals surface area (Å²) in [5, 5.41) is 12.8. The number of nitriles is 1. The monoisotopic (exact) mass is 536 g/mol. The minimum Gasteiger partial charge on any atom is -0.496 e. The normalized spacial score (nSPS) is 13.2. The maximum atomic E-state index is 12.8. The lowest BCUT2D eigenvalue weighted by Gasteiger charge is -2.12. The number of carbonyl (C=O) groups is 2. The number of anilines is 1. The van der Waals surface area contributed by atoms with E-state index in [-0.39, 0.29) is 12.2 Å². The van der Waals surface area contributed by atoms with Gasteiger partial charge >= 0.3 is 5.97 Å². The van der Waals surface area contributed by atoms with Crippen LogP contribution in [0.2, 0.25) is 0 Å². The third kappa shape index (κ3) is 4.84. The first kappa shape index (κ1) is 22.3. The lowest BCUT2D eigenvalue weighted by molar-refractivity contribution is -0.112. The summed E-state index contributed by atoms with van der Waals surface area (Å²) in [6.07, 6.45) is 5.26. The molecule has 1 aromatic heterocycles. The molecule has 30 heavy (non-hydrogen) atoms. The summed E-state index contributed by atoms with van der Waals surface area (Å²) in [4.78, 5) is 26.5. The number of fused-ring (bicyclic) bond motifs is 1. The second kappa shape index (κ2) is 10.1. The molecule has 0 radical (unpaired) electrons. The number of ether oxygens (including phenoxy) is 2. The fourth-order valence-corrected chi connectivity index (χ4v) is 5.36. The van der Waals surface area contributed by atoms with Gasteiger partial charge in [-0.15, -0.1) is 11.3 Å². The summed E-state index contributed by atoms with van der Waals surface area (Å²) in [5.74, 6) is -0.258. The molecule has 0 atom stereocenters. The molecule has 3 rings (SSSR count). The van der Waals surface area contributed by atoms with Gasteiger partial charge in [-0.3, -0.25) is 4.79 Å². The summed E-state index contributed by atoms with van der Waals surface area (Å²) in [7, 11) is 1.59. The lowest BCUT2D eigenvalue weighted by Crippen LogP contribution is -2.16. The van der Waals surface area contributed by atoms with Crippen LogP contribution in [0.15, 0.2) is 23.8 Å². The van der Waals surface area contributed by atoms with Gasteiger partial charge in [-0.2, -0.15) is 5.26 Å². The molecule has 1 amide bonds. The van der Waals surface area contributed by atoms with Crippen LogP contribution in [0.1, 0.15) is 46.1 Å². The smallest absolute Gasteiger partial charge is 0.341 e. The zero-order valence-electron chi connectivity index (χ0n) is 16.7. The number of benzene rings is 1. The van der Waals surface area contributed by atoms with Gasteiger partial charge in [0, 0.05) is 4.88 Å². The van der Waals surface area contributed by atoms with Crippen LogP contribution in [0.5, 0.6) is 5.75 Å². The van der Waals surface area contributed by atoms with E-state index < -0.39 is 11.9 Å². The molecular weight excluding hydrogens is 515 g/mol. The standard InChI is InChI=1S/C22H21IN2O4S/c1-3-29-22(27)19-15-6-4-5-7-18(15)30-21(19)25-20(26)14(12-24)10-13-8-9-17(28-2)16(23)11-13/h8-11H,3-7H2,1-2H3,(H,25,26)/b14-10+.